The molecule has 0 aromatic heterocycles. The van der Waals surface area contributed by atoms with Gasteiger partial charge in [-0.3, -0.25) is 14.4 Å². The normalized spacial score (nSPS) is 12.6. The molecule has 0 aliphatic rings. The molecule has 0 radical (unpaired) electrons. The summed E-state index contributed by atoms with van der Waals surface area (Å²) < 4.78 is 0. The lowest BCUT2D eigenvalue weighted by Crippen LogP contribution is -2.46. The minimum absolute atomic E-state index is 0.193. The molecule has 1 atom stereocenters. The molecule has 3 amide bonds. The minimum Gasteiger partial charge on any atom is -0.366 e. The lowest BCUT2D eigenvalue weighted by atomic mass is 10.1. The number of likely N-dealkylation sites (N-methyl/N-ethyl adjacent to an activating group) is 1. The highest BCUT2D eigenvalue weighted by Crippen LogP contribution is 2.05. The van der Waals surface area contributed by atoms with Gasteiger partial charge >= 0.3 is 0 Å². The first-order valence-corrected chi connectivity index (χ1v) is 7.97. The van der Waals surface area contributed by atoms with Gasteiger partial charge in [-0.25, -0.2) is 0 Å². The number of amides is 3. The second kappa shape index (κ2) is 11.8. The second-order valence-electron chi connectivity index (χ2n) is 5.32. The van der Waals surface area contributed by atoms with Crippen molar-refractivity contribution < 1.29 is 14.4 Å². The van der Waals surface area contributed by atoms with Gasteiger partial charge in [0.2, 0.25) is 17.7 Å². The molecule has 0 saturated heterocycles. The van der Waals surface area contributed by atoms with Crippen LogP contribution in [-0.2, 0) is 14.4 Å². The molecule has 0 fully saturated rings. The summed E-state index contributed by atoms with van der Waals surface area (Å²) in [4.78, 5) is 34.9. The zero-order chi connectivity index (χ0) is 17.0. The Morgan fingerprint density at radius 2 is 1.73 bits per heavy atom. The van der Waals surface area contributed by atoms with Gasteiger partial charge in [0.1, 0.15) is 6.04 Å². The molecule has 0 aromatic carbocycles. The van der Waals surface area contributed by atoms with Crippen LogP contribution in [0.4, 0.5) is 0 Å². The zero-order valence-corrected chi connectivity index (χ0v) is 13.9. The van der Waals surface area contributed by atoms with Crippen LogP contribution >= 0.6 is 0 Å². The quantitative estimate of drug-likeness (QED) is 0.397. The summed E-state index contributed by atoms with van der Waals surface area (Å²) in [6.45, 7) is 5.89. The standard InChI is InChI=1S/C16H29N3O3/c1-4-6-7-8-9-10-14(20)19-13(16(22)18-5-2)11-12(3)15(17)21/h11,13H,4-10H2,1-3H3,(H2,17,21)(H,18,22)(H,19,20)/b12-11-. The largest absolute Gasteiger partial charge is 0.366 e. The van der Waals surface area contributed by atoms with Crippen LogP contribution in [0, 0.1) is 0 Å². The Bertz CT molecular complexity index is 405. The predicted octanol–water partition coefficient (Wildman–Crippen LogP) is 1.40. The van der Waals surface area contributed by atoms with Crippen LogP contribution in [0.2, 0.25) is 0 Å². The number of unbranched alkanes of at least 4 members (excludes halogenated alkanes) is 4. The van der Waals surface area contributed by atoms with Crippen molar-refractivity contribution in [1.29, 1.82) is 0 Å². The second-order valence-corrected chi connectivity index (χ2v) is 5.32. The summed E-state index contributed by atoms with van der Waals surface area (Å²) in [7, 11) is 0. The van der Waals surface area contributed by atoms with Gasteiger partial charge in [0.25, 0.3) is 0 Å². The summed E-state index contributed by atoms with van der Waals surface area (Å²) in [5.41, 5.74) is 5.41. The highest BCUT2D eigenvalue weighted by atomic mass is 16.2. The van der Waals surface area contributed by atoms with Crippen LogP contribution < -0.4 is 16.4 Å². The number of carbonyl (C=O) groups excluding carboxylic acids is 3. The number of nitrogens with one attached hydrogen (secondary N) is 2. The summed E-state index contributed by atoms with van der Waals surface area (Å²) in [5.74, 6) is -1.15. The van der Waals surface area contributed by atoms with Gasteiger partial charge in [-0.2, -0.15) is 0 Å². The molecule has 126 valence electrons. The molecule has 0 rings (SSSR count). The molecule has 0 heterocycles. The highest BCUT2D eigenvalue weighted by molar-refractivity contribution is 5.94. The maximum Gasteiger partial charge on any atom is 0.246 e. The molecule has 0 aliphatic carbocycles. The van der Waals surface area contributed by atoms with Crippen molar-refractivity contribution in [3.8, 4) is 0 Å². The average Bonchev–Trinajstić information content (AvgIpc) is 2.46. The molecule has 6 heteroatoms. The van der Waals surface area contributed by atoms with Crippen molar-refractivity contribution in [3.63, 3.8) is 0 Å². The highest BCUT2D eigenvalue weighted by Gasteiger charge is 2.18. The van der Waals surface area contributed by atoms with E-state index in [-0.39, 0.29) is 17.4 Å². The smallest absolute Gasteiger partial charge is 0.246 e. The van der Waals surface area contributed by atoms with Crippen molar-refractivity contribution in [1.82, 2.24) is 10.6 Å². The average molecular weight is 311 g/mol. The fraction of sp³-hybridized carbons (Fsp3) is 0.688. The maximum atomic E-state index is 11.9. The van der Waals surface area contributed by atoms with Crippen LogP contribution in [0.1, 0.15) is 59.3 Å². The van der Waals surface area contributed by atoms with Gasteiger partial charge in [0, 0.05) is 18.5 Å². The third kappa shape index (κ3) is 9.15. The Morgan fingerprint density at radius 3 is 2.27 bits per heavy atom. The Labute approximate surface area is 132 Å². The fourth-order valence-corrected chi connectivity index (χ4v) is 1.93. The van der Waals surface area contributed by atoms with Crippen LogP contribution in [-0.4, -0.2) is 30.3 Å². The van der Waals surface area contributed by atoms with E-state index in [4.69, 9.17) is 5.73 Å². The van der Waals surface area contributed by atoms with Gasteiger partial charge in [-0.05, 0) is 26.3 Å². The number of rotatable bonds is 11. The number of nitrogens with two attached hydrogens (primary N) is 1. The topological polar surface area (TPSA) is 101 Å². The fourth-order valence-electron chi connectivity index (χ4n) is 1.93. The van der Waals surface area contributed by atoms with E-state index in [9.17, 15) is 14.4 Å². The van der Waals surface area contributed by atoms with Gasteiger partial charge in [0.05, 0.1) is 0 Å². The molecule has 6 nitrogen and oxygen atoms in total. The first-order chi connectivity index (χ1) is 10.4. The molecule has 0 bridgehead atoms. The van der Waals surface area contributed by atoms with E-state index in [1.807, 2.05) is 0 Å². The molecule has 22 heavy (non-hydrogen) atoms. The molecule has 4 N–H and O–H groups in total. The number of carbonyl (C=O) groups is 3. The van der Waals surface area contributed by atoms with Crippen LogP contribution in [0.25, 0.3) is 0 Å². The molecule has 0 aromatic rings. The summed E-state index contributed by atoms with van der Waals surface area (Å²) in [6.07, 6.45) is 7.01. The summed E-state index contributed by atoms with van der Waals surface area (Å²) in [5, 5.41) is 5.27. The third-order valence-electron chi connectivity index (χ3n) is 3.26. The van der Waals surface area contributed by atoms with Crippen molar-refractivity contribution >= 4 is 17.7 Å². The van der Waals surface area contributed by atoms with E-state index in [0.717, 1.165) is 25.7 Å². The Hall–Kier alpha value is -1.85. The van der Waals surface area contributed by atoms with Gasteiger partial charge in [-0.1, -0.05) is 32.6 Å². The van der Waals surface area contributed by atoms with E-state index in [0.29, 0.717) is 13.0 Å². The third-order valence-corrected chi connectivity index (χ3v) is 3.26. The lowest BCUT2D eigenvalue weighted by molar-refractivity contribution is -0.127. The lowest BCUT2D eigenvalue weighted by Gasteiger charge is -2.15. The van der Waals surface area contributed by atoms with Gasteiger partial charge in [0.15, 0.2) is 0 Å². The summed E-state index contributed by atoms with van der Waals surface area (Å²) in [6, 6.07) is -0.865. The molecule has 0 spiro atoms. The SMILES string of the molecule is CCCCCCCC(=O)NC(/C=C(/C)C(N)=O)C(=O)NCC. The Kier molecular flexibility index (Phi) is 10.8. The molecular formula is C16H29N3O3. The number of hydrogen-bond donors (Lipinski definition) is 3. The Morgan fingerprint density at radius 1 is 1.09 bits per heavy atom. The van der Waals surface area contributed by atoms with E-state index in [1.54, 1.807) is 6.92 Å². The van der Waals surface area contributed by atoms with E-state index >= 15 is 0 Å². The minimum atomic E-state index is -0.865. The molecule has 0 saturated carbocycles. The van der Waals surface area contributed by atoms with Crippen LogP contribution in [0.5, 0.6) is 0 Å². The van der Waals surface area contributed by atoms with Crippen LogP contribution in [0.15, 0.2) is 11.6 Å². The van der Waals surface area contributed by atoms with Crippen molar-refractivity contribution in [2.45, 2.75) is 65.3 Å². The maximum absolute atomic E-state index is 11.9. The van der Waals surface area contributed by atoms with E-state index < -0.39 is 11.9 Å². The summed E-state index contributed by atoms with van der Waals surface area (Å²) >= 11 is 0. The number of primary amides is 1. The first kappa shape index (κ1) is 20.1. The zero-order valence-electron chi connectivity index (χ0n) is 13.9. The van der Waals surface area contributed by atoms with Crippen molar-refractivity contribution in [2.75, 3.05) is 6.54 Å². The molecule has 0 aliphatic heterocycles. The monoisotopic (exact) mass is 311 g/mol. The van der Waals surface area contributed by atoms with Gasteiger partial charge < -0.3 is 16.4 Å². The van der Waals surface area contributed by atoms with Crippen LogP contribution in [0.3, 0.4) is 0 Å². The first-order valence-electron chi connectivity index (χ1n) is 7.97. The van der Waals surface area contributed by atoms with E-state index in [1.165, 1.54) is 19.4 Å². The van der Waals surface area contributed by atoms with E-state index in [2.05, 4.69) is 17.6 Å². The van der Waals surface area contributed by atoms with Gasteiger partial charge in [-0.15, -0.1) is 0 Å². The number of hydrogen-bond acceptors (Lipinski definition) is 3. The molecular weight excluding hydrogens is 282 g/mol. The predicted molar refractivity (Wildman–Crippen MR) is 86.9 cm³/mol. The Balaban J connectivity index is 4.50. The molecule has 1 unspecified atom stereocenters. The van der Waals surface area contributed by atoms with Crippen molar-refractivity contribution in [2.24, 2.45) is 5.73 Å². The van der Waals surface area contributed by atoms with Crippen molar-refractivity contribution in [3.05, 3.63) is 11.6 Å².